The standard InChI is InChI=1S/C15H20F3N/c1-9-7-10(2)13(12(16)8-9)14(19)11-3-5-15(17,18)6-4-11/h7-8,11,14H,3-6,19H2,1-2H3. The summed E-state index contributed by atoms with van der Waals surface area (Å²) >= 11 is 0. The normalized spacial score (nSPS) is 21.4. The van der Waals surface area contributed by atoms with Crippen molar-refractivity contribution in [3.8, 4) is 0 Å². The van der Waals surface area contributed by atoms with E-state index in [1.165, 1.54) is 6.07 Å². The number of hydrogen-bond acceptors (Lipinski definition) is 1. The lowest BCUT2D eigenvalue weighted by atomic mass is 9.79. The molecule has 106 valence electrons. The fraction of sp³-hybridized carbons (Fsp3) is 0.600. The lowest BCUT2D eigenvalue weighted by Crippen LogP contribution is -2.31. The van der Waals surface area contributed by atoms with Crippen molar-refractivity contribution < 1.29 is 13.2 Å². The number of alkyl halides is 2. The van der Waals surface area contributed by atoms with Crippen molar-refractivity contribution in [3.63, 3.8) is 0 Å². The Hall–Kier alpha value is -1.03. The zero-order valence-electron chi connectivity index (χ0n) is 11.3. The third-order valence-electron chi connectivity index (χ3n) is 4.08. The molecule has 1 fully saturated rings. The average Bonchev–Trinajstić information content (AvgIpc) is 2.27. The molecular formula is C15H20F3N. The van der Waals surface area contributed by atoms with Gasteiger partial charge in [0, 0.05) is 24.4 Å². The summed E-state index contributed by atoms with van der Waals surface area (Å²) in [6.07, 6.45) is 0.442. The zero-order valence-corrected chi connectivity index (χ0v) is 11.3. The molecule has 1 saturated carbocycles. The average molecular weight is 271 g/mol. The minimum atomic E-state index is -2.57. The van der Waals surface area contributed by atoms with Crippen LogP contribution < -0.4 is 5.73 Å². The number of aryl methyl sites for hydroxylation is 2. The van der Waals surface area contributed by atoms with Gasteiger partial charge in [-0.25, -0.2) is 13.2 Å². The summed E-state index contributed by atoms with van der Waals surface area (Å²) in [6, 6.07) is 2.85. The molecule has 0 radical (unpaired) electrons. The number of halogens is 3. The van der Waals surface area contributed by atoms with Crippen LogP contribution in [0.5, 0.6) is 0 Å². The van der Waals surface area contributed by atoms with Crippen molar-refractivity contribution >= 4 is 0 Å². The maximum atomic E-state index is 14.0. The van der Waals surface area contributed by atoms with Crippen molar-refractivity contribution in [1.29, 1.82) is 0 Å². The van der Waals surface area contributed by atoms with E-state index in [-0.39, 0.29) is 24.6 Å². The van der Waals surface area contributed by atoms with E-state index < -0.39 is 12.0 Å². The first-order chi connectivity index (χ1) is 8.80. The van der Waals surface area contributed by atoms with Gasteiger partial charge >= 0.3 is 0 Å². The lowest BCUT2D eigenvalue weighted by Gasteiger charge is -2.32. The van der Waals surface area contributed by atoms with Crippen molar-refractivity contribution in [2.45, 2.75) is 51.5 Å². The Bertz CT molecular complexity index is 437. The second-order valence-electron chi connectivity index (χ2n) is 5.70. The third-order valence-corrected chi connectivity index (χ3v) is 4.08. The number of nitrogens with two attached hydrogens (primary N) is 1. The van der Waals surface area contributed by atoms with Gasteiger partial charge in [-0.2, -0.15) is 0 Å². The quantitative estimate of drug-likeness (QED) is 0.854. The van der Waals surface area contributed by atoms with Gasteiger partial charge in [0.05, 0.1) is 0 Å². The Labute approximate surface area is 112 Å². The van der Waals surface area contributed by atoms with Crippen LogP contribution in [-0.4, -0.2) is 5.92 Å². The van der Waals surface area contributed by atoms with Gasteiger partial charge in [0.25, 0.3) is 0 Å². The molecule has 2 N–H and O–H groups in total. The molecule has 0 amide bonds. The van der Waals surface area contributed by atoms with E-state index in [0.29, 0.717) is 18.4 Å². The first-order valence-electron chi connectivity index (χ1n) is 6.70. The Morgan fingerprint density at radius 2 is 1.79 bits per heavy atom. The SMILES string of the molecule is Cc1cc(C)c(C(N)C2CCC(F)(F)CC2)c(F)c1. The molecule has 0 aliphatic heterocycles. The molecule has 1 nitrogen and oxygen atoms in total. The second kappa shape index (κ2) is 5.16. The molecular weight excluding hydrogens is 251 g/mol. The van der Waals surface area contributed by atoms with E-state index in [1.807, 2.05) is 19.9 Å². The first kappa shape index (κ1) is 14.4. The summed E-state index contributed by atoms with van der Waals surface area (Å²) in [7, 11) is 0. The van der Waals surface area contributed by atoms with Crippen LogP contribution in [0.2, 0.25) is 0 Å². The highest BCUT2D eigenvalue weighted by molar-refractivity contribution is 5.34. The van der Waals surface area contributed by atoms with Crippen LogP contribution in [-0.2, 0) is 0 Å². The summed E-state index contributed by atoms with van der Waals surface area (Å²) in [6.45, 7) is 3.65. The van der Waals surface area contributed by atoms with Crippen LogP contribution >= 0.6 is 0 Å². The van der Waals surface area contributed by atoms with Crippen molar-refractivity contribution in [1.82, 2.24) is 0 Å². The predicted octanol–water partition coefficient (Wildman–Crippen LogP) is 4.27. The van der Waals surface area contributed by atoms with Gasteiger partial charge in [-0.05, 0) is 49.8 Å². The fourth-order valence-corrected chi connectivity index (χ4v) is 3.01. The van der Waals surface area contributed by atoms with Crippen LogP contribution in [0.25, 0.3) is 0 Å². The van der Waals surface area contributed by atoms with Gasteiger partial charge in [0.2, 0.25) is 5.92 Å². The Morgan fingerprint density at radius 1 is 1.21 bits per heavy atom. The van der Waals surface area contributed by atoms with Crippen LogP contribution in [0.3, 0.4) is 0 Å². The first-order valence-corrected chi connectivity index (χ1v) is 6.70. The highest BCUT2D eigenvalue weighted by Crippen LogP contribution is 2.41. The molecule has 1 unspecified atom stereocenters. The van der Waals surface area contributed by atoms with Crippen LogP contribution in [0.1, 0.15) is 48.4 Å². The van der Waals surface area contributed by atoms with Crippen molar-refractivity contribution in [2.24, 2.45) is 11.7 Å². The highest BCUT2D eigenvalue weighted by atomic mass is 19.3. The van der Waals surface area contributed by atoms with Gasteiger partial charge in [0.15, 0.2) is 0 Å². The Kier molecular flexibility index (Phi) is 3.90. The van der Waals surface area contributed by atoms with Gasteiger partial charge in [-0.15, -0.1) is 0 Å². The van der Waals surface area contributed by atoms with E-state index in [4.69, 9.17) is 5.73 Å². The largest absolute Gasteiger partial charge is 0.324 e. The fourth-order valence-electron chi connectivity index (χ4n) is 3.01. The maximum absolute atomic E-state index is 14.0. The molecule has 2 rings (SSSR count). The minimum absolute atomic E-state index is 0.0597. The Balaban J connectivity index is 2.19. The topological polar surface area (TPSA) is 26.0 Å². The lowest BCUT2D eigenvalue weighted by molar-refractivity contribution is -0.0484. The van der Waals surface area contributed by atoms with Gasteiger partial charge in [-0.3, -0.25) is 0 Å². The molecule has 0 heterocycles. The smallest absolute Gasteiger partial charge is 0.248 e. The summed E-state index contributed by atoms with van der Waals surface area (Å²) < 4.78 is 40.3. The van der Waals surface area contributed by atoms with E-state index in [0.717, 1.165) is 11.1 Å². The van der Waals surface area contributed by atoms with Gasteiger partial charge < -0.3 is 5.73 Å². The molecule has 0 spiro atoms. The molecule has 0 aromatic heterocycles. The second-order valence-corrected chi connectivity index (χ2v) is 5.70. The van der Waals surface area contributed by atoms with Crippen LogP contribution in [0.4, 0.5) is 13.2 Å². The zero-order chi connectivity index (χ0) is 14.2. The van der Waals surface area contributed by atoms with Crippen LogP contribution in [0, 0.1) is 25.6 Å². The summed E-state index contributed by atoms with van der Waals surface area (Å²) in [5.74, 6) is -2.95. The van der Waals surface area contributed by atoms with E-state index >= 15 is 0 Å². The van der Waals surface area contributed by atoms with Gasteiger partial charge in [0.1, 0.15) is 5.82 Å². The molecule has 19 heavy (non-hydrogen) atoms. The molecule has 1 aliphatic rings. The van der Waals surface area contributed by atoms with Gasteiger partial charge in [-0.1, -0.05) is 6.07 Å². The highest BCUT2D eigenvalue weighted by Gasteiger charge is 2.37. The molecule has 0 bridgehead atoms. The van der Waals surface area contributed by atoms with E-state index in [2.05, 4.69) is 0 Å². The number of hydrogen-bond donors (Lipinski definition) is 1. The van der Waals surface area contributed by atoms with E-state index in [9.17, 15) is 13.2 Å². The van der Waals surface area contributed by atoms with Crippen molar-refractivity contribution in [2.75, 3.05) is 0 Å². The summed E-state index contributed by atoms with van der Waals surface area (Å²) in [4.78, 5) is 0. The maximum Gasteiger partial charge on any atom is 0.248 e. The predicted molar refractivity (Wildman–Crippen MR) is 69.7 cm³/mol. The number of rotatable bonds is 2. The number of benzene rings is 1. The van der Waals surface area contributed by atoms with Crippen molar-refractivity contribution in [3.05, 3.63) is 34.6 Å². The summed E-state index contributed by atoms with van der Waals surface area (Å²) in [5, 5.41) is 0. The minimum Gasteiger partial charge on any atom is -0.324 e. The molecule has 1 atom stereocenters. The molecule has 4 heteroatoms. The molecule has 1 aromatic rings. The van der Waals surface area contributed by atoms with Crippen LogP contribution in [0.15, 0.2) is 12.1 Å². The molecule has 1 aromatic carbocycles. The third kappa shape index (κ3) is 3.11. The monoisotopic (exact) mass is 271 g/mol. The molecule has 1 aliphatic carbocycles. The Morgan fingerprint density at radius 3 is 2.32 bits per heavy atom. The van der Waals surface area contributed by atoms with E-state index in [1.54, 1.807) is 0 Å². The molecule has 0 saturated heterocycles. The summed E-state index contributed by atoms with van der Waals surface area (Å²) in [5.41, 5.74) is 8.27.